The molecule has 1 N–H and O–H groups in total. The first kappa shape index (κ1) is 16.8. The smallest absolute Gasteiger partial charge is 0.0900 e. The van der Waals surface area contributed by atoms with Crippen molar-refractivity contribution in [3.05, 3.63) is 97.1 Å². The Kier molecular flexibility index (Phi) is 4.39. The molecular weight excluding hydrogens is 362 g/mol. The highest BCUT2D eigenvalue weighted by Gasteiger charge is 2.13. The first-order chi connectivity index (χ1) is 13.9. The van der Waals surface area contributed by atoms with Crippen LogP contribution in [0, 0.1) is 12.1 Å². The number of para-hydroxylation sites is 4. The summed E-state index contributed by atoms with van der Waals surface area (Å²) >= 11 is 1.79. The van der Waals surface area contributed by atoms with Gasteiger partial charge in [-0.1, -0.05) is 54.2 Å². The molecule has 0 unspecified atom stereocenters. The number of anilines is 2. The summed E-state index contributed by atoms with van der Waals surface area (Å²) < 4.78 is 0. The second kappa shape index (κ2) is 7.33. The number of hydrogen-bond acceptors (Lipinski definition) is 4. The van der Waals surface area contributed by atoms with Crippen LogP contribution < -0.4 is 5.32 Å². The van der Waals surface area contributed by atoms with Crippen molar-refractivity contribution >= 4 is 45.2 Å². The maximum Gasteiger partial charge on any atom is 0.0900 e. The number of benzene rings is 4. The molecule has 4 heteroatoms. The third-order valence-corrected chi connectivity index (χ3v) is 5.50. The second-order valence-corrected chi connectivity index (χ2v) is 7.34. The molecule has 28 heavy (non-hydrogen) atoms. The molecule has 0 fully saturated rings. The van der Waals surface area contributed by atoms with Crippen LogP contribution in [0.5, 0.6) is 0 Å². The molecule has 1 aromatic heterocycles. The Bertz CT molecular complexity index is 1090. The molecule has 1 aliphatic rings. The molecule has 1 aliphatic heterocycles. The summed E-state index contributed by atoms with van der Waals surface area (Å²) in [5, 5.41) is 3.36. The highest BCUT2D eigenvalue weighted by Crippen LogP contribution is 2.43. The van der Waals surface area contributed by atoms with Crippen molar-refractivity contribution in [1.82, 2.24) is 9.97 Å². The topological polar surface area (TPSA) is 37.8 Å². The van der Waals surface area contributed by atoms with Gasteiger partial charge in [0.2, 0.25) is 0 Å². The molecule has 3 nitrogen and oxygen atoms in total. The lowest BCUT2D eigenvalue weighted by atomic mass is 10.2. The summed E-state index contributed by atoms with van der Waals surface area (Å²) in [7, 11) is 0. The van der Waals surface area contributed by atoms with Crippen LogP contribution in [0.3, 0.4) is 0 Å². The van der Waals surface area contributed by atoms with Gasteiger partial charge in [-0.15, -0.1) is 0 Å². The SMILES string of the molecule is [c]1ccc2nc3ccccc3nc2c1.[c]1cccc2c1Nc1ccccc1S2. The van der Waals surface area contributed by atoms with Gasteiger partial charge >= 0.3 is 0 Å². The number of rotatable bonds is 0. The van der Waals surface area contributed by atoms with E-state index in [9.17, 15) is 0 Å². The van der Waals surface area contributed by atoms with Gasteiger partial charge in [0.1, 0.15) is 0 Å². The summed E-state index contributed by atoms with van der Waals surface area (Å²) in [6.07, 6.45) is 0. The number of fused-ring (bicyclic) bond motifs is 4. The Labute approximate surface area is 167 Å². The van der Waals surface area contributed by atoms with Crippen LogP contribution in [0.15, 0.2) is 94.7 Å². The predicted molar refractivity (Wildman–Crippen MR) is 115 cm³/mol. The minimum absolute atomic E-state index is 0.895. The first-order valence-electron chi connectivity index (χ1n) is 8.94. The molecule has 0 atom stereocenters. The average Bonchev–Trinajstić information content (AvgIpc) is 2.76. The quantitative estimate of drug-likeness (QED) is 0.316. The van der Waals surface area contributed by atoms with E-state index in [4.69, 9.17) is 0 Å². The molecule has 6 rings (SSSR count). The molecule has 0 saturated heterocycles. The van der Waals surface area contributed by atoms with Crippen molar-refractivity contribution in [2.45, 2.75) is 9.79 Å². The van der Waals surface area contributed by atoms with E-state index in [2.05, 4.69) is 51.7 Å². The van der Waals surface area contributed by atoms with Gasteiger partial charge in [-0.2, -0.15) is 0 Å². The van der Waals surface area contributed by atoms with E-state index in [-0.39, 0.29) is 0 Å². The molecule has 0 saturated carbocycles. The highest BCUT2D eigenvalue weighted by atomic mass is 32.2. The van der Waals surface area contributed by atoms with E-state index in [0.717, 1.165) is 27.8 Å². The first-order valence-corrected chi connectivity index (χ1v) is 9.76. The van der Waals surface area contributed by atoms with Gasteiger partial charge in [-0.05, 0) is 48.5 Å². The predicted octanol–water partition coefficient (Wildman–Crippen LogP) is 6.28. The van der Waals surface area contributed by atoms with Crippen LogP contribution in [0.1, 0.15) is 0 Å². The number of hydrogen-bond donors (Lipinski definition) is 1. The highest BCUT2D eigenvalue weighted by molar-refractivity contribution is 7.99. The van der Waals surface area contributed by atoms with Gasteiger partial charge in [-0.3, -0.25) is 0 Å². The van der Waals surface area contributed by atoms with E-state index in [0.29, 0.717) is 0 Å². The molecule has 0 aliphatic carbocycles. The van der Waals surface area contributed by atoms with E-state index >= 15 is 0 Å². The summed E-state index contributed by atoms with van der Waals surface area (Å²) in [6, 6.07) is 34.1. The fourth-order valence-electron chi connectivity index (χ4n) is 3.03. The molecular formula is C24H15N3S. The lowest BCUT2D eigenvalue weighted by Gasteiger charge is -2.19. The van der Waals surface area contributed by atoms with Crippen molar-refractivity contribution in [1.29, 1.82) is 0 Å². The minimum atomic E-state index is 0.895. The van der Waals surface area contributed by atoms with E-state index in [1.165, 1.54) is 15.5 Å². The zero-order valence-corrected chi connectivity index (χ0v) is 15.7. The second-order valence-electron chi connectivity index (χ2n) is 6.26. The fourth-order valence-corrected chi connectivity index (χ4v) is 4.00. The molecule has 4 aromatic carbocycles. The van der Waals surface area contributed by atoms with Crippen molar-refractivity contribution < 1.29 is 0 Å². The van der Waals surface area contributed by atoms with E-state index in [1.807, 2.05) is 60.7 Å². The summed E-state index contributed by atoms with van der Waals surface area (Å²) in [6.45, 7) is 0. The van der Waals surface area contributed by atoms with Gasteiger partial charge < -0.3 is 5.32 Å². The zero-order valence-electron chi connectivity index (χ0n) is 14.9. The molecule has 132 valence electrons. The Morgan fingerprint density at radius 2 is 1.39 bits per heavy atom. The average molecular weight is 377 g/mol. The van der Waals surface area contributed by atoms with E-state index < -0.39 is 0 Å². The van der Waals surface area contributed by atoms with Gasteiger partial charge in [0, 0.05) is 15.9 Å². The molecule has 0 spiro atoms. The monoisotopic (exact) mass is 377 g/mol. The van der Waals surface area contributed by atoms with Gasteiger partial charge in [0.15, 0.2) is 0 Å². The van der Waals surface area contributed by atoms with Crippen LogP contribution in [0.4, 0.5) is 11.4 Å². The van der Waals surface area contributed by atoms with Gasteiger partial charge in [-0.25, -0.2) is 9.97 Å². The third kappa shape index (κ3) is 3.30. The molecule has 2 radical (unpaired) electrons. The fraction of sp³-hybridized carbons (Fsp3) is 0. The van der Waals surface area contributed by atoms with Crippen LogP contribution in [0.25, 0.3) is 22.1 Å². The van der Waals surface area contributed by atoms with Crippen LogP contribution in [-0.4, -0.2) is 9.97 Å². The molecule has 5 aromatic rings. The van der Waals surface area contributed by atoms with Crippen LogP contribution >= 0.6 is 11.8 Å². The van der Waals surface area contributed by atoms with Crippen LogP contribution in [0.2, 0.25) is 0 Å². The van der Waals surface area contributed by atoms with Crippen molar-refractivity contribution in [3.63, 3.8) is 0 Å². The maximum absolute atomic E-state index is 4.50. The number of nitrogens with one attached hydrogen (secondary N) is 1. The van der Waals surface area contributed by atoms with E-state index in [1.54, 1.807) is 11.8 Å². The lowest BCUT2D eigenvalue weighted by Crippen LogP contribution is -1.98. The Balaban J connectivity index is 0.000000122. The normalized spacial score (nSPS) is 11.7. The summed E-state index contributed by atoms with van der Waals surface area (Å²) in [5.74, 6) is 0. The maximum atomic E-state index is 4.50. The summed E-state index contributed by atoms with van der Waals surface area (Å²) in [4.78, 5) is 11.5. The van der Waals surface area contributed by atoms with Crippen LogP contribution in [-0.2, 0) is 0 Å². The summed E-state index contributed by atoms with van der Waals surface area (Å²) in [5.41, 5.74) is 5.93. The number of aromatic nitrogens is 2. The Morgan fingerprint density at radius 1 is 0.679 bits per heavy atom. The molecule has 0 bridgehead atoms. The molecule has 2 heterocycles. The van der Waals surface area contributed by atoms with Crippen molar-refractivity contribution in [3.8, 4) is 0 Å². The number of nitrogens with zero attached hydrogens (tertiary/aromatic N) is 2. The largest absolute Gasteiger partial charge is 0.353 e. The third-order valence-electron chi connectivity index (χ3n) is 4.37. The standard InChI is InChI=1S/C12H7N2.C12H8NS/c1-2-6-10-9(5-1)13-11-7-3-4-8-12(11)14-10;1-3-7-11-9(5-1)13-10-6-2-4-8-12(10)14-11/h1-3,5-8H;1-5,7-8,13H. The lowest BCUT2D eigenvalue weighted by molar-refractivity contribution is 1.31. The van der Waals surface area contributed by atoms with Gasteiger partial charge in [0.05, 0.1) is 33.4 Å². The molecule has 0 amide bonds. The Morgan fingerprint density at radius 3 is 2.29 bits per heavy atom. The van der Waals surface area contributed by atoms with Crippen molar-refractivity contribution in [2.24, 2.45) is 0 Å². The minimum Gasteiger partial charge on any atom is -0.353 e. The Hall–Kier alpha value is -3.37. The zero-order chi connectivity index (χ0) is 18.8. The van der Waals surface area contributed by atoms with Crippen molar-refractivity contribution in [2.75, 3.05) is 5.32 Å². The van der Waals surface area contributed by atoms with Gasteiger partial charge in [0.25, 0.3) is 0 Å².